The summed E-state index contributed by atoms with van der Waals surface area (Å²) >= 11 is 3.30. The Hall–Kier alpha value is -1.40. The number of benzene rings is 1. The first-order valence-electron chi connectivity index (χ1n) is 5.07. The number of hydrogen-bond acceptors (Lipinski definition) is 3. The molecule has 1 rings (SSSR count). The first-order chi connectivity index (χ1) is 7.99. The standard InChI is InChI=1S/C11H14BrN3O2/c1-7(11(13)17)14-6-10(16)15-9-4-2-8(12)3-5-9/h2-5,7,14H,6H2,1H3,(H2,13,17)(H,15,16). The van der Waals surface area contributed by atoms with Crippen molar-refractivity contribution in [3.63, 3.8) is 0 Å². The topological polar surface area (TPSA) is 84.2 Å². The fraction of sp³-hybridized carbons (Fsp3) is 0.273. The van der Waals surface area contributed by atoms with E-state index in [9.17, 15) is 9.59 Å². The Balaban J connectivity index is 2.39. The number of carbonyl (C=O) groups is 2. The first kappa shape index (κ1) is 13.7. The average molecular weight is 300 g/mol. The molecule has 0 saturated heterocycles. The van der Waals surface area contributed by atoms with Gasteiger partial charge in [-0.1, -0.05) is 15.9 Å². The molecule has 0 aromatic heterocycles. The molecule has 0 heterocycles. The number of hydrogen-bond donors (Lipinski definition) is 3. The molecule has 92 valence electrons. The van der Waals surface area contributed by atoms with Gasteiger partial charge in [0.05, 0.1) is 12.6 Å². The number of nitrogens with two attached hydrogens (primary N) is 1. The quantitative estimate of drug-likeness (QED) is 0.754. The fourth-order valence-corrected chi connectivity index (χ4v) is 1.35. The number of primary amides is 1. The lowest BCUT2D eigenvalue weighted by Crippen LogP contribution is -2.42. The lowest BCUT2D eigenvalue weighted by atomic mass is 10.3. The number of anilines is 1. The van der Waals surface area contributed by atoms with Crippen LogP contribution in [0.4, 0.5) is 5.69 Å². The largest absolute Gasteiger partial charge is 0.368 e. The van der Waals surface area contributed by atoms with Crippen LogP contribution in [-0.2, 0) is 9.59 Å². The molecular weight excluding hydrogens is 286 g/mol. The maximum atomic E-state index is 11.5. The molecule has 0 aliphatic carbocycles. The first-order valence-corrected chi connectivity index (χ1v) is 5.86. The van der Waals surface area contributed by atoms with Crippen LogP contribution < -0.4 is 16.4 Å². The van der Waals surface area contributed by atoms with Crippen molar-refractivity contribution < 1.29 is 9.59 Å². The summed E-state index contributed by atoms with van der Waals surface area (Å²) in [6, 6.07) is 6.69. The highest BCUT2D eigenvalue weighted by molar-refractivity contribution is 9.10. The maximum Gasteiger partial charge on any atom is 0.238 e. The van der Waals surface area contributed by atoms with Crippen molar-refractivity contribution in [1.29, 1.82) is 0 Å². The molecule has 4 N–H and O–H groups in total. The van der Waals surface area contributed by atoms with Crippen molar-refractivity contribution in [3.8, 4) is 0 Å². The zero-order valence-corrected chi connectivity index (χ0v) is 11.0. The van der Waals surface area contributed by atoms with E-state index in [0.29, 0.717) is 5.69 Å². The van der Waals surface area contributed by atoms with E-state index in [-0.39, 0.29) is 12.5 Å². The minimum Gasteiger partial charge on any atom is -0.368 e. The van der Waals surface area contributed by atoms with E-state index in [1.807, 2.05) is 12.1 Å². The molecule has 1 unspecified atom stereocenters. The van der Waals surface area contributed by atoms with Gasteiger partial charge in [-0.3, -0.25) is 14.9 Å². The van der Waals surface area contributed by atoms with Gasteiger partial charge in [0.1, 0.15) is 0 Å². The predicted molar refractivity (Wildman–Crippen MR) is 69.4 cm³/mol. The van der Waals surface area contributed by atoms with Gasteiger partial charge in [0.25, 0.3) is 0 Å². The third-order valence-electron chi connectivity index (χ3n) is 2.12. The molecule has 17 heavy (non-hydrogen) atoms. The van der Waals surface area contributed by atoms with Gasteiger partial charge in [-0.2, -0.15) is 0 Å². The lowest BCUT2D eigenvalue weighted by molar-refractivity contribution is -0.120. The number of halogens is 1. The zero-order chi connectivity index (χ0) is 12.8. The highest BCUT2D eigenvalue weighted by atomic mass is 79.9. The van der Waals surface area contributed by atoms with Gasteiger partial charge in [0.15, 0.2) is 0 Å². The third-order valence-corrected chi connectivity index (χ3v) is 2.65. The fourth-order valence-electron chi connectivity index (χ4n) is 1.08. The third kappa shape index (κ3) is 4.97. The van der Waals surface area contributed by atoms with Crippen LogP contribution in [0.2, 0.25) is 0 Å². The van der Waals surface area contributed by atoms with Gasteiger partial charge in [-0.25, -0.2) is 0 Å². The van der Waals surface area contributed by atoms with Crippen LogP contribution in [-0.4, -0.2) is 24.4 Å². The SMILES string of the molecule is CC(NCC(=O)Nc1ccc(Br)cc1)C(N)=O. The molecule has 0 bridgehead atoms. The summed E-state index contributed by atoms with van der Waals surface area (Å²) < 4.78 is 0.941. The summed E-state index contributed by atoms with van der Waals surface area (Å²) in [5.41, 5.74) is 5.75. The molecule has 0 radical (unpaired) electrons. The van der Waals surface area contributed by atoms with Crippen LogP contribution in [0.5, 0.6) is 0 Å². The van der Waals surface area contributed by atoms with Crippen LogP contribution in [0.25, 0.3) is 0 Å². The number of rotatable bonds is 5. The van der Waals surface area contributed by atoms with Crippen molar-refractivity contribution in [2.75, 3.05) is 11.9 Å². The highest BCUT2D eigenvalue weighted by Crippen LogP contribution is 2.13. The molecule has 1 atom stereocenters. The van der Waals surface area contributed by atoms with Crippen LogP contribution in [0, 0.1) is 0 Å². The summed E-state index contributed by atoms with van der Waals surface area (Å²) in [4.78, 5) is 22.2. The molecule has 6 heteroatoms. The Labute approximate surface area is 108 Å². The van der Waals surface area contributed by atoms with Gasteiger partial charge in [-0.05, 0) is 31.2 Å². The van der Waals surface area contributed by atoms with E-state index in [0.717, 1.165) is 4.47 Å². The molecule has 2 amide bonds. The second-order valence-corrected chi connectivity index (χ2v) is 4.48. The molecule has 0 saturated carbocycles. The summed E-state index contributed by atoms with van der Waals surface area (Å²) in [5, 5.41) is 5.41. The molecule has 1 aromatic carbocycles. The van der Waals surface area contributed by atoms with E-state index in [1.54, 1.807) is 19.1 Å². The number of amides is 2. The molecule has 1 aromatic rings. The molecular formula is C11H14BrN3O2. The number of carbonyl (C=O) groups excluding carboxylic acids is 2. The van der Waals surface area contributed by atoms with Crippen LogP contribution in [0.3, 0.4) is 0 Å². The van der Waals surface area contributed by atoms with Crippen LogP contribution in [0.1, 0.15) is 6.92 Å². The second kappa shape index (κ2) is 6.36. The van der Waals surface area contributed by atoms with E-state index in [2.05, 4.69) is 26.6 Å². The Morgan fingerprint density at radius 1 is 1.35 bits per heavy atom. The molecule has 5 nitrogen and oxygen atoms in total. The van der Waals surface area contributed by atoms with E-state index >= 15 is 0 Å². The predicted octanol–water partition coefficient (Wildman–Crippen LogP) is 0.851. The summed E-state index contributed by atoms with van der Waals surface area (Å²) in [7, 11) is 0. The second-order valence-electron chi connectivity index (χ2n) is 3.56. The van der Waals surface area contributed by atoms with Gasteiger partial charge < -0.3 is 11.1 Å². The normalized spacial score (nSPS) is 11.9. The van der Waals surface area contributed by atoms with Crippen molar-refractivity contribution in [3.05, 3.63) is 28.7 Å². The average Bonchev–Trinajstić information content (AvgIpc) is 2.29. The van der Waals surface area contributed by atoms with Gasteiger partial charge in [-0.15, -0.1) is 0 Å². The van der Waals surface area contributed by atoms with Crippen LogP contribution >= 0.6 is 15.9 Å². The van der Waals surface area contributed by atoms with Gasteiger partial charge >= 0.3 is 0 Å². The molecule has 0 fully saturated rings. The van der Waals surface area contributed by atoms with Crippen molar-refractivity contribution in [2.45, 2.75) is 13.0 Å². The monoisotopic (exact) mass is 299 g/mol. The lowest BCUT2D eigenvalue weighted by Gasteiger charge is -2.10. The minimum absolute atomic E-state index is 0.0418. The van der Waals surface area contributed by atoms with Crippen molar-refractivity contribution in [1.82, 2.24) is 5.32 Å². The zero-order valence-electron chi connectivity index (χ0n) is 9.37. The highest BCUT2D eigenvalue weighted by Gasteiger charge is 2.09. The molecule has 0 spiro atoms. The van der Waals surface area contributed by atoms with Crippen LogP contribution in [0.15, 0.2) is 28.7 Å². The molecule has 0 aliphatic rings. The minimum atomic E-state index is -0.523. The summed E-state index contributed by atoms with van der Waals surface area (Å²) in [6.45, 7) is 1.65. The smallest absolute Gasteiger partial charge is 0.238 e. The Kier molecular flexibility index (Phi) is 5.11. The summed E-state index contributed by atoms with van der Waals surface area (Å²) in [5.74, 6) is -0.707. The Bertz CT molecular complexity index is 406. The number of nitrogens with one attached hydrogen (secondary N) is 2. The van der Waals surface area contributed by atoms with Crippen molar-refractivity contribution >= 4 is 33.4 Å². The van der Waals surface area contributed by atoms with Gasteiger partial charge in [0.2, 0.25) is 11.8 Å². The molecule has 0 aliphatic heterocycles. The Morgan fingerprint density at radius 2 is 1.94 bits per heavy atom. The van der Waals surface area contributed by atoms with E-state index in [4.69, 9.17) is 5.73 Å². The van der Waals surface area contributed by atoms with E-state index < -0.39 is 11.9 Å². The van der Waals surface area contributed by atoms with Crippen molar-refractivity contribution in [2.24, 2.45) is 5.73 Å². The van der Waals surface area contributed by atoms with E-state index in [1.165, 1.54) is 0 Å². The maximum absolute atomic E-state index is 11.5. The van der Waals surface area contributed by atoms with Gasteiger partial charge in [0, 0.05) is 10.2 Å². The summed E-state index contributed by atoms with van der Waals surface area (Å²) in [6.07, 6.45) is 0. The Morgan fingerprint density at radius 3 is 2.47 bits per heavy atom.